The Balaban J connectivity index is 1.92. The Morgan fingerprint density at radius 3 is 2.50 bits per heavy atom. The summed E-state index contributed by atoms with van der Waals surface area (Å²) in [5.41, 5.74) is 4.91. The summed E-state index contributed by atoms with van der Waals surface area (Å²) in [5, 5.41) is 23.8. The van der Waals surface area contributed by atoms with E-state index in [0.717, 1.165) is 23.5 Å². The number of azo groups is 1. The van der Waals surface area contributed by atoms with Gasteiger partial charge >= 0.3 is 0 Å². The minimum Gasteiger partial charge on any atom is -0.258 e. The molecule has 0 aliphatic heterocycles. The minimum absolute atomic E-state index is 0.0124. The molecule has 3 rings (SSSR count). The van der Waals surface area contributed by atoms with Crippen LogP contribution >= 0.6 is 0 Å². The van der Waals surface area contributed by atoms with Crippen molar-refractivity contribution in [2.45, 2.75) is 27.2 Å². The lowest BCUT2D eigenvalue weighted by molar-refractivity contribution is -0.384. The molecule has 132 valence electrons. The maximum Gasteiger partial charge on any atom is 0.271 e. The Kier molecular flexibility index (Phi) is 4.88. The number of nitro groups is 1. The summed E-state index contributed by atoms with van der Waals surface area (Å²) >= 11 is 0. The predicted octanol–water partition coefficient (Wildman–Crippen LogP) is 5.38. The van der Waals surface area contributed by atoms with Gasteiger partial charge in [0.15, 0.2) is 0 Å². The molecule has 2 aromatic carbocycles. The number of nitro benzene ring substituents is 1. The van der Waals surface area contributed by atoms with Gasteiger partial charge < -0.3 is 0 Å². The first-order chi connectivity index (χ1) is 12.5. The van der Waals surface area contributed by atoms with E-state index in [9.17, 15) is 10.1 Å². The van der Waals surface area contributed by atoms with E-state index in [-0.39, 0.29) is 5.69 Å². The van der Waals surface area contributed by atoms with Gasteiger partial charge in [-0.25, -0.2) is 4.68 Å². The highest BCUT2D eigenvalue weighted by Gasteiger charge is 2.13. The smallest absolute Gasteiger partial charge is 0.258 e. The number of rotatable bonds is 5. The molecule has 0 amide bonds. The highest BCUT2D eigenvalue weighted by molar-refractivity contribution is 5.51. The number of hydrogen-bond acceptors (Lipinski definition) is 5. The maximum absolute atomic E-state index is 10.9. The van der Waals surface area contributed by atoms with Crippen molar-refractivity contribution in [2.75, 3.05) is 0 Å². The van der Waals surface area contributed by atoms with E-state index in [4.69, 9.17) is 0 Å². The van der Waals surface area contributed by atoms with E-state index in [1.165, 1.54) is 17.7 Å². The van der Waals surface area contributed by atoms with Gasteiger partial charge in [0, 0.05) is 12.1 Å². The van der Waals surface area contributed by atoms with Gasteiger partial charge in [-0.2, -0.15) is 10.2 Å². The molecule has 0 aliphatic rings. The summed E-state index contributed by atoms with van der Waals surface area (Å²) in [6.45, 7) is 5.91. The highest BCUT2D eigenvalue weighted by Crippen LogP contribution is 2.28. The van der Waals surface area contributed by atoms with Crippen LogP contribution in [0.1, 0.15) is 23.9 Å². The van der Waals surface area contributed by atoms with Crippen molar-refractivity contribution in [3.05, 3.63) is 75.6 Å². The third kappa shape index (κ3) is 3.51. The number of non-ortho nitro benzene ring substituents is 1. The van der Waals surface area contributed by atoms with Crippen LogP contribution in [0.3, 0.4) is 0 Å². The Morgan fingerprint density at radius 2 is 1.85 bits per heavy atom. The fraction of sp³-hybridized carbons (Fsp3) is 0.211. The molecular weight excluding hydrogens is 330 g/mol. The van der Waals surface area contributed by atoms with Crippen LogP contribution in [0.4, 0.5) is 17.1 Å². The maximum atomic E-state index is 10.9. The first-order valence-electron chi connectivity index (χ1n) is 8.31. The second-order valence-electron chi connectivity index (χ2n) is 5.93. The summed E-state index contributed by atoms with van der Waals surface area (Å²) in [5.74, 6) is 0. The first kappa shape index (κ1) is 17.5. The van der Waals surface area contributed by atoms with Crippen LogP contribution in [0, 0.1) is 24.0 Å². The molecule has 0 aliphatic carbocycles. The largest absolute Gasteiger partial charge is 0.271 e. The van der Waals surface area contributed by atoms with Crippen LogP contribution in [0.25, 0.3) is 5.69 Å². The highest BCUT2D eigenvalue weighted by atomic mass is 16.6. The van der Waals surface area contributed by atoms with Crippen molar-refractivity contribution >= 4 is 17.1 Å². The number of nitrogens with zero attached hydrogens (tertiary/aromatic N) is 5. The topological polar surface area (TPSA) is 85.7 Å². The van der Waals surface area contributed by atoms with Crippen molar-refractivity contribution in [1.82, 2.24) is 9.78 Å². The molecule has 1 heterocycles. The fourth-order valence-electron chi connectivity index (χ4n) is 2.68. The zero-order valence-electron chi connectivity index (χ0n) is 14.9. The molecule has 0 bridgehead atoms. The molecule has 0 atom stereocenters. The van der Waals surface area contributed by atoms with Crippen molar-refractivity contribution in [3.8, 4) is 5.69 Å². The van der Waals surface area contributed by atoms with Crippen LogP contribution in [0.5, 0.6) is 0 Å². The lowest BCUT2D eigenvalue weighted by Crippen LogP contribution is -1.98. The molecule has 3 aromatic rings. The molecule has 0 radical (unpaired) electrons. The Bertz CT molecular complexity index is 974. The van der Waals surface area contributed by atoms with Crippen LogP contribution in [-0.4, -0.2) is 14.7 Å². The summed E-state index contributed by atoms with van der Waals surface area (Å²) in [7, 11) is 0. The van der Waals surface area contributed by atoms with Crippen molar-refractivity contribution in [2.24, 2.45) is 10.2 Å². The number of benzene rings is 2. The summed E-state index contributed by atoms with van der Waals surface area (Å²) in [4.78, 5) is 10.4. The van der Waals surface area contributed by atoms with Gasteiger partial charge in [0.05, 0.1) is 27.7 Å². The number of aryl methyl sites for hydroxylation is 2. The molecule has 1 aromatic heterocycles. The summed E-state index contributed by atoms with van der Waals surface area (Å²) in [6.07, 6.45) is 0.986. The van der Waals surface area contributed by atoms with E-state index < -0.39 is 4.92 Å². The summed E-state index contributed by atoms with van der Waals surface area (Å²) in [6, 6.07) is 14.3. The van der Waals surface area contributed by atoms with Crippen molar-refractivity contribution in [1.29, 1.82) is 0 Å². The second-order valence-corrected chi connectivity index (χ2v) is 5.93. The second kappa shape index (κ2) is 7.26. The molecule has 0 spiro atoms. The van der Waals surface area contributed by atoms with Gasteiger partial charge in [0.2, 0.25) is 0 Å². The van der Waals surface area contributed by atoms with Crippen LogP contribution in [0.2, 0.25) is 0 Å². The molecule has 0 fully saturated rings. The zero-order valence-corrected chi connectivity index (χ0v) is 14.9. The lowest BCUT2D eigenvalue weighted by Gasteiger charge is -2.05. The molecule has 0 N–H and O–H groups in total. The average molecular weight is 349 g/mol. The average Bonchev–Trinajstić information content (AvgIpc) is 2.94. The molecule has 7 nitrogen and oxygen atoms in total. The summed E-state index contributed by atoms with van der Waals surface area (Å²) < 4.78 is 1.83. The molecule has 0 saturated carbocycles. The molecule has 26 heavy (non-hydrogen) atoms. The molecule has 0 saturated heterocycles. The number of aromatic nitrogens is 2. The third-order valence-electron chi connectivity index (χ3n) is 4.15. The molecule has 7 heteroatoms. The van der Waals surface area contributed by atoms with Crippen LogP contribution in [-0.2, 0) is 6.42 Å². The first-order valence-corrected chi connectivity index (χ1v) is 8.31. The van der Waals surface area contributed by atoms with Gasteiger partial charge in [0.25, 0.3) is 5.69 Å². The van der Waals surface area contributed by atoms with Gasteiger partial charge in [-0.3, -0.25) is 10.1 Å². The third-order valence-corrected chi connectivity index (χ3v) is 4.15. The van der Waals surface area contributed by atoms with Gasteiger partial charge in [0.1, 0.15) is 5.69 Å². The quantitative estimate of drug-likeness (QED) is 0.352. The Labute approximate surface area is 151 Å². The van der Waals surface area contributed by atoms with Crippen molar-refractivity contribution in [3.63, 3.8) is 0 Å². The van der Waals surface area contributed by atoms with Gasteiger partial charge in [-0.1, -0.05) is 25.1 Å². The van der Waals surface area contributed by atoms with E-state index in [1.54, 1.807) is 12.1 Å². The lowest BCUT2D eigenvalue weighted by atomic mass is 10.1. The van der Waals surface area contributed by atoms with E-state index in [2.05, 4.69) is 34.4 Å². The van der Waals surface area contributed by atoms with E-state index >= 15 is 0 Å². The minimum atomic E-state index is -0.451. The van der Waals surface area contributed by atoms with Crippen molar-refractivity contribution < 1.29 is 4.92 Å². The predicted molar refractivity (Wildman–Crippen MR) is 99.7 cm³/mol. The van der Waals surface area contributed by atoms with Gasteiger partial charge in [-0.15, -0.1) is 5.11 Å². The van der Waals surface area contributed by atoms with E-state index in [1.807, 2.05) is 30.7 Å². The van der Waals surface area contributed by atoms with E-state index in [0.29, 0.717) is 11.4 Å². The molecule has 0 unspecified atom stereocenters. The monoisotopic (exact) mass is 349 g/mol. The van der Waals surface area contributed by atoms with Crippen LogP contribution in [0.15, 0.2) is 58.8 Å². The standard InChI is InChI=1S/C19H19N5O2/c1-4-15-8-10-17(11-9-15)23-14(3)19(13(2)22-23)21-20-16-6-5-7-18(12-16)24(25)26/h5-12H,4H2,1-3H3. The zero-order chi connectivity index (χ0) is 18.7. The van der Waals surface area contributed by atoms with Crippen LogP contribution < -0.4 is 0 Å². The normalized spacial score (nSPS) is 11.2. The SMILES string of the molecule is CCc1ccc(-n2nc(C)c(N=Nc3cccc([N+](=O)[O-])c3)c2C)cc1. The molecular formula is C19H19N5O2. The fourth-order valence-corrected chi connectivity index (χ4v) is 2.68. The number of hydrogen-bond donors (Lipinski definition) is 0. The van der Waals surface area contributed by atoms with Gasteiger partial charge in [-0.05, 0) is 44.0 Å². The Morgan fingerprint density at radius 1 is 1.12 bits per heavy atom. The Hall–Kier alpha value is -3.35.